The standard InChI is InChI=1S/C11H16N2O/c1-12-6-8-7-13-9-4-3-5-10(14-2)11(8)9/h3-5,8,12-13H,6-7H2,1-2H3. The van der Waals surface area contributed by atoms with Gasteiger partial charge in [0.05, 0.1) is 7.11 Å². The zero-order valence-corrected chi connectivity index (χ0v) is 8.63. The Morgan fingerprint density at radius 3 is 3.14 bits per heavy atom. The summed E-state index contributed by atoms with van der Waals surface area (Å²) in [5.41, 5.74) is 2.52. The van der Waals surface area contributed by atoms with Gasteiger partial charge in [-0.05, 0) is 19.2 Å². The van der Waals surface area contributed by atoms with Crippen LogP contribution < -0.4 is 15.4 Å². The van der Waals surface area contributed by atoms with Crippen LogP contribution in [0.2, 0.25) is 0 Å². The highest BCUT2D eigenvalue weighted by molar-refractivity contribution is 5.63. The predicted octanol–water partition coefficient (Wildman–Crippen LogP) is 1.42. The van der Waals surface area contributed by atoms with Crippen molar-refractivity contribution in [2.75, 3.05) is 32.6 Å². The van der Waals surface area contributed by atoms with Crippen molar-refractivity contribution in [2.45, 2.75) is 5.92 Å². The molecule has 0 amide bonds. The molecule has 0 radical (unpaired) electrons. The molecule has 1 aliphatic rings. The van der Waals surface area contributed by atoms with Crippen LogP contribution >= 0.6 is 0 Å². The molecule has 1 atom stereocenters. The molecular weight excluding hydrogens is 176 g/mol. The highest BCUT2D eigenvalue weighted by atomic mass is 16.5. The van der Waals surface area contributed by atoms with Crippen molar-refractivity contribution in [1.82, 2.24) is 5.32 Å². The molecule has 0 aromatic heterocycles. The lowest BCUT2D eigenvalue weighted by atomic mass is 10.0. The van der Waals surface area contributed by atoms with Crippen molar-refractivity contribution in [3.8, 4) is 5.75 Å². The van der Waals surface area contributed by atoms with Gasteiger partial charge < -0.3 is 15.4 Å². The largest absolute Gasteiger partial charge is 0.496 e. The second-order valence-corrected chi connectivity index (χ2v) is 3.56. The molecule has 0 bridgehead atoms. The van der Waals surface area contributed by atoms with Gasteiger partial charge in [0.15, 0.2) is 0 Å². The second-order valence-electron chi connectivity index (χ2n) is 3.56. The lowest BCUT2D eigenvalue weighted by Gasteiger charge is -2.12. The molecule has 14 heavy (non-hydrogen) atoms. The number of rotatable bonds is 3. The number of anilines is 1. The second kappa shape index (κ2) is 3.88. The fourth-order valence-corrected chi connectivity index (χ4v) is 2.05. The fourth-order valence-electron chi connectivity index (χ4n) is 2.05. The van der Waals surface area contributed by atoms with Gasteiger partial charge in [-0.3, -0.25) is 0 Å². The Labute approximate surface area is 84.5 Å². The Hall–Kier alpha value is -1.22. The molecule has 3 nitrogen and oxygen atoms in total. The molecule has 3 heteroatoms. The van der Waals surface area contributed by atoms with Crippen molar-refractivity contribution in [1.29, 1.82) is 0 Å². The van der Waals surface area contributed by atoms with E-state index in [9.17, 15) is 0 Å². The van der Waals surface area contributed by atoms with E-state index in [-0.39, 0.29) is 0 Å². The predicted molar refractivity (Wildman–Crippen MR) is 58.2 cm³/mol. The number of hydrogen-bond donors (Lipinski definition) is 2. The number of benzene rings is 1. The molecule has 0 saturated heterocycles. The minimum atomic E-state index is 0.520. The van der Waals surface area contributed by atoms with Crippen LogP contribution in [0.3, 0.4) is 0 Å². The van der Waals surface area contributed by atoms with Crippen molar-refractivity contribution in [2.24, 2.45) is 0 Å². The van der Waals surface area contributed by atoms with E-state index in [1.165, 1.54) is 11.3 Å². The summed E-state index contributed by atoms with van der Waals surface area (Å²) in [5.74, 6) is 1.51. The van der Waals surface area contributed by atoms with Gasteiger partial charge in [0.2, 0.25) is 0 Å². The highest BCUT2D eigenvalue weighted by Gasteiger charge is 2.24. The number of nitrogens with one attached hydrogen (secondary N) is 2. The van der Waals surface area contributed by atoms with Gasteiger partial charge in [-0.15, -0.1) is 0 Å². The van der Waals surface area contributed by atoms with Crippen LogP contribution in [0.4, 0.5) is 5.69 Å². The van der Waals surface area contributed by atoms with E-state index < -0.39 is 0 Å². The van der Waals surface area contributed by atoms with Gasteiger partial charge in [0, 0.05) is 30.3 Å². The molecule has 1 aromatic rings. The van der Waals surface area contributed by atoms with Crippen LogP contribution in [0.1, 0.15) is 11.5 Å². The Kier molecular flexibility index (Phi) is 2.59. The summed E-state index contributed by atoms with van der Waals surface area (Å²) in [6.07, 6.45) is 0. The number of methoxy groups -OCH3 is 1. The van der Waals surface area contributed by atoms with Crippen molar-refractivity contribution in [3.05, 3.63) is 23.8 Å². The number of likely N-dealkylation sites (N-methyl/N-ethyl adjacent to an activating group) is 1. The van der Waals surface area contributed by atoms with E-state index in [0.29, 0.717) is 5.92 Å². The molecule has 0 aliphatic carbocycles. The first-order valence-corrected chi connectivity index (χ1v) is 4.92. The number of hydrogen-bond acceptors (Lipinski definition) is 3. The summed E-state index contributed by atoms with van der Waals surface area (Å²) in [6.45, 7) is 1.98. The minimum absolute atomic E-state index is 0.520. The maximum atomic E-state index is 5.37. The summed E-state index contributed by atoms with van der Waals surface area (Å²) in [7, 11) is 3.71. The van der Waals surface area contributed by atoms with E-state index in [1.54, 1.807) is 7.11 Å². The van der Waals surface area contributed by atoms with Crippen LogP contribution in [0.15, 0.2) is 18.2 Å². The van der Waals surface area contributed by atoms with E-state index in [0.717, 1.165) is 18.8 Å². The Balaban J connectivity index is 2.35. The van der Waals surface area contributed by atoms with Crippen LogP contribution in [-0.2, 0) is 0 Å². The normalized spacial score (nSPS) is 18.9. The first-order chi connectivity index (χ1) is 6.86. The SMILES string of the molecule is CNCC1CNc2cccc(OC)c21. The fraction of sp³-hybridized carbons (Fsp3) is 0.455. The molecule has 76 valence electrons. The van der Waals surface area contributed by atoms with Gasteiger partial charge in [-0.25, -0.2) is 0 Å². The summed E-state index contributed by atoms with van der Waals surface area (Å²) in [6, 6.07) is 6.15. The zero-order valence-electron chi connectivity index (χ0n) is 8.63. The van der Waals surface area contributed by atoms with Crippen LogP contribution in [0, 0.1) is 0 Å². The lowest BCUT2D eigenvalue weighted by Crippen LogP contribution is -2.18. The summed E-state index contributed by atoms with van der Waals surface area (Å²) < 4.78 is 5.37. The molecule has 1 aromatic carbocycles. The monoisotopic (exact) mass is 192 g/mol. The Bertz CT molecular complexity index is 323. The third-order valence-corrected chi connectivity index (χ3v) is 2.68. The maximum absolute atomic E-state index is 5.37. The molecule has 0 saturated carbocycles. The lowest BCUT2D eigenvalue weighted by molar-refractivity contribution is 0.407. The minimum Gasteiger partial charge on any atom is -0.496 e. The molecule has 0 fully saturated rings. The molecular formula is C11H16N2O. The third-order valence-electron chi connectivity index (χ3n) is 2.68. The van der Waals surface area contributed by atoms with E-state index in [2.05, 4.69) is 16.7 Å². The molecule has 0 spiro atoms. The van der Waals surface area contributed by atoms with Gasteiger partial charge in [-0.2, -0.15) is 0 Å². The molecule has 2 rings (SSSR count). The van der Waals surface area contributed by atoms with Crippen LogP contribution in [-0.4, -0.2) is 27.2 Å². The smallest absolute Gasteiger partial charge is 0.124 e. The van der Waals surface area contributed by atoms with E-state index >= 15 is 0 Å². The van der Waals surface area contributed by atoms with Gasteiger partial charge in [-0.1, -0.05) is 6.07 Å². The van der Waals surface area contributed by atoms with E-state index in [1.807, 2.05) is 19.2 Å². The molecule has 1 unspecified atom stereocenters. The van der Waals surface area contributed by atoms with Gasteiger partial charge >= 0.3 is 0 Å². The molecule has 1 aliphatic heterocycles. The number of fused-ring (bicyclic) bond motifs is 1. The van der Waals surface area contributed by atoms with Gasteiger partial charge in [0.1, 0.15) is 5.75 Å². The average Bonchev–Trinajstić information content (AvgIpc) is 2.62. The quantitative estimate of drug-likeness (QED) is 0.760. The Morgan fingerprint density at radius 2 is 2.43 bits per heavy atom. The number of ether oxygens (including phenoxy) is 1. The molecule has 1 heterocycles. The van der Waals surface area contributed by atoms with Gasteiger partial charge in [0.25, 0.3) is 0 Å². The summed E-state index contributed by atoms with van der Waals surface area (Å²) in [5, 5.41) is 6.60. The Morgan fingerprint density at radius 1 is 1.57 bits per heavy atom. The maximum Gasteiger partial charge on any atom is 0.124 e. The van der Waals surface area contributed by atoms with Crippen molar-refractivity contribution in [3.63, 3.8) is 0 Å². The summed E-state index contributed by atoms with van der Waals surface area (Å²) >= 11 is 0. The third kappa shape index (κ3) is 1.44. The summed E-state index contributed by atoms with van der Waals surface area (Å²) in [4.78, 5) is 0. The molecule has 2 N–H and O–H groups in total. The van der Waals surface area contributed by atoms with Crippen molar-refractivity contribution < 1.29 is 4.74 Å². The average molecular weight is 192 g/mol. The van der Waals surface area contributed by atoms with Crippen molar-refractivity contribution >= 4 is 5.69 Å². The first-order valence-electron chi connectivity index (χ1n) is 4.92. The van der Waals surface area contributed by atoms with E-state index in [4.69, 9.17) is 4.74 Å². The topological polar surface area (TPSA) is 33.3 Å². The van der Waals surface area contributed by atoms with Crippen LogP contribution in [0.25, 0.3) is 0 Å². The van der Waals surface area contributed by atoms with Crippen LogP contribution in [0.5, 0.6) is 5.75 Å². The first kappa shape index (κ1) is 9.34. The highest BCUT2D eigenvalue weighted by Crippen LogP contribution is 2.37. The zero-order chi connectivity index (χ0) is 9.97.